The van der Waals surface area contributed by atoms with E-state index in [0.717, 1.165) is 23.9 Å². The number of carbonyl (C=O) groups excluding carboxylic acids is 1. The van der Waals surface area contributed by atoms with E-state index in [9.17, 15) is 9.18 Å². The highest BCUT2D eigenvalue weighted by Crippen LogP contribution is 2.32. The van der Waals surface area contributed by atoms with E-state index in [4.69, 9.17) is 9.97 Å². The zero-order valence-electron chi connectivity index (χ0n) is 20.5. The van der Waals surface area contributed by atoms with Gasteiger partial charge >= 0.3 is 0 Å². The first-order valence-corrected chi connectivity index (χ1v) is 12.3. The lowest BCUT2D eigenvalue weighted by molar-refractivity contribution is -0.116. The maximum absolute atomic E-state index is 14.5. The normalized spacial score (nSPS) is 11.3. The summed E-state index contributed by atoms with van der Waals surface area (Å²) in [6, 6.07) is 12.1. The van der Waals surface area contributed by atoms with Crippen LogP contribution in [0.25, 0.3) is 56.0 Å². The van der Waals surface area contributed by atoms with Crippen molar-refractivity contribution < 1.29 is 9.18 Å². The van der Waals surface area contributed by atoms with Gasteiger partial charge in [-0.15, -0.1) is 0 Å². The van der Waals surface area contributed by atoms with Crippen molar-refractivity contribution in [1.29, 1.82) is 0 Å². The van der Waals surface area contributed by atoms with Gasteiger partial charge in [-0.2, -0.15) is 5.10 Å². The van der Waals surface area contributed by atoms with Crippen LogP contribution in [0.3, 0.4) is 0 Å². The molecule has 10 heteroatoms. The van der Waals surface area contributed by atoms with Gasteiger partial charge in [0.1, 0.15) is 16.9 Å². The number of carbonyl (C=O) groups is 1. The molecule has 1 aromatic carbocycles. The van der Waals surface area contributed by atoms with Crippen LogP contribution in [0.4, 0.5) is 10.1 Å². The highest BCUT2D eigenvalue weighted by molar-refractivity contribution is 5.96. The molecule has 6 aromatic rings. The second-order valence-corrected chi connectivity index (χ2v) is 8.93. The van der Waals surface area contributed by atoms with Gasteiger partial charge < -0.3 is 10.3 Å². The van der Waals surface area contributed by atoms with Crippen molar-refractivity contribution in [2.24, 2.45) is 0 Å². The van der Waals surface area contributed by atoms with E-state index in [-0.39, 0.29) is 11.7 Å². The zero-order chi connectivity index (χ0) is 26.1. The molecule has 0 aliphatic rings. The number of aromatic amines is 2. The lowest BCUT2D eigenvalue weighted by Crippen LogP contribution is -2.11. The fraction of sp³-hybridized carbons (Fsp3) is 0.143. The van der Waals surface area contributed by atoms with E-state index < -0.39 is 0 Å². The van der Waals surface area contributed by atoms with Gasteiger partial charge in [0, 0.05) is 35.5 Å². The molecule has 0 radical (unpaired) electrons. The smallest absolute Gasteiger partial charge is 0.224 e. The number of imidazole rings is 1. The van der Waals surface area contributed by atoms with Crippen molar-refractivity contribution in [1.82, 2.24) is 35.1 Å². The summed E-state index contributed by atoms with van der Waals surface area (Å²) in [6.07, 6.45) is 8.82. The molecule has 5 heterocycles. The number of nitrogens with one attached hydrogen (secondary N) is 3. The SMILES string of the molecule is CCCCC(=O)Nc1cncc(-c2ccc3[nH]nc(-c4nc5c(-c6ccccc6F)cncc5[nH]4)c3n2)c1. The van der Waals surface area contributed by atoms with Crippen molar-refractivity contribution in [2.75, 3.05) is 5.32 Å². The average Bonchev–Trinajstić information content (AvgIpc) is 3.56. The number of halogens is 1. The molecule has 1 amide bonds. The minimum atomic E-state index is -0.347. The largest absolute Gasteiger partial charge is 0.335 e. The van der Waals surface area contributed by atoms with Gasteiger partial charge in [0.15, 0.2) is 11.5 Å². The standard InChI is InChI=1S/C28H23FN8O/c1-2-3-8-24(38)32-17-11-16(12-30-13-17)21-9-10-22-26(33-21)27(37-36-22)28-34-23-15-31-14-19(25(23)35-28)18-6-4-5-7-20(18)29/h4-7,9-15H,2-3,8H2,1H3,(H,32,38)(H,34,35)(H,36,37). The number of aromatic nitrogens is 7. The van der Waals surface area contributed by atoms with Crippen LogP contribution in [0.15, 0.2) is 67.3 Å². The molecule has 0 saturated heterocycles. The lowest BCUT2D eigenvalue weighted by atomic mass is 10.1. The summed E-state index contributed by atoms with van der Waals surface area (Å²) in [6.45, 7) is 2.05. The molecular formula is C28H23FN8O. The molecule has 38 heavy (non-hydrogen) atoms. The van der Waals surface area contributed by atoms with Crippen molar-refractivity contribution in [3.8, 4) is 33.9 Å². The molecule has 0 aliphatic carbocycles. The summed E-state index contributed by atoms with van der Waals surface area (Å²) in [5.74, 6) is 0.0947. The van der Waals surface area contributed by atoms with Crippen LogP contribution in [0.2, 0.25) is 0 Å². The topological polar surface area (TPSA) is 125 Å². The van der Waals surface area contributed by atoms with E-state index >= 15 is 0 Å². The summed E-state index contributed by atoms with van der Waals surface area (Å²) >= 11 is 0. The number of rotatable bonds is 7. The highest BCUT2D eigenvalue weighted by Gasteiger charge is 2.18. The molecule has 0 spiro atoms. The molecular weight excluding hydrogens is 483 g/mol. The number of anilines is 1. The maximum Gasteiger partial charge on any atom is 0.224 e. The first kappa shape index (κ1) is 23.4. The first-order valence-electron chi connectivity index (χ1n) is 12.3. The predicted octanol–water partition coefficient (Wildman–Crippen LogP) is 5.89. The molecule has 0 aliphatic heterocycles. The quantitative estimate of drug-likeness (QED) is 0.248. The van der Waals surface area contributed by atoms with Gasteiger partial charge in [-0.3, -0.25) is 19.9 Å². The zero-order valence-corrected chi connectivity index (χ0v) is 20.5. The molecule has 0 fully saturated rings. The minimum absolute atomic E-state index is 0.0412. The van der Waals surface area contributed by atoms with Gasteiger partial charge in [-0.05, 0) is 30.7 Å². The van der Waals surface area contributed by atoms with Gasteiger partial charge in [-0.1, -0.05) is 31.5 Å². The molecule has 188 valence electrons. The van der Waals surface area contributed by atoms with Crippen LogP contribution in [-0.4, -0.2) is 41.0 Å². The lowest BCUT2D eigenvalue weighted by Gasteiger charge is -2.07. The number of hydrogen-bond acceptors (Lipinski definition) is 6. The van der Waals surface area contributed by atoms with Gasteiger partial charge in [0.2, 0.25) is 5.91 Å². The van der Waals surface area contributed by atoms with E-state index in [1.807, 2.05) is 25.1 Å². The van der Waals surface area contributed by atoms with E-state index in [0.29, 0.717) is 57.0 Å². The van der Waals surface area contributed by atoms with Crippen LogP contribution in [-0.2, 0) is 4.79 Å². The summed E-state index contributed by atoms with van der Waals surface area (Å²) in [5.41, 5.74) is 6.15. The fourth-order valence-corrected chi connectivity index (χ4v) is 4.36. The second-order valence-electron chi connectivity index (χ2n) is 8.93. The fourth-order valence-electron chi connectivity index (χ4n) is 4.36. The van der Waals surface area contributed by atoms with Crippen molar-refractivity contribution >= 4 is 33.7 Å². The van der Waals surface area contributed by atoms with Gasteiger partial charge in [0.25, 0.3) is 0 Å². The first-order chi connectivity index (χ1) is 18.6. The van der Waals surface area contributed by atoms with Crippen LogP contribution in [0.1, 0.15) is 26.2 Å². The Labute approximate surface area is 216 Å². The summed E-state index contributed by atoms with van der Waals surface area (Å²) in [5, 5.41) is 10.4. The number of amides is 1. The Bertz CT molecular complexity index is 1790. The number of unbranched alkanes of at least 4 members (excludes halogenated alkanes) is 1. The Morgan fingerprint density at radius 1 is 0.947 bits per heavy atom. The number of H-pyrrole nitrogens is 2. The van der Waals surface area contributed by atoms with E-state index in [1.165, 1.54) is 6.07 Å². The molecule has 3 N–H and O–H groups in total. The van der Waals surface area contributed by atoms with Crippen LogP contribution in [0, 0.1) is 5.82 Å². The number of pyridine rings is 3. The molecule has 0 atom stereocenters. The molecule has 0 saturated carbocycles. The predicted molar refractivity (Wildman–Crippen MR) is 144 cm³/mol. The van der Waals surface area contributed by atoms with Crippen LogP contribution < -0.4 is 5.32 Å². The van der Waals surface area contributed by atoms with E-state index in [1.54, 1.807) is 43.0 Å². The Morgan fingerprint density at radius 2 is 1.82 bits per heavy atom. The summed E-state index contributed by atoms with van der Waals surface area (Å²) in [4.78, 5) is 33.5. The highest BCUT2D eigenvalue weighted by atomic mass is 19.1. The van der Waals surface area contributed by atoms with Gasteiger partial charge in [-0.25, -0.2) is 14.4 Å². The average molecular weight is 507 g/mol. The van der Waals surface area contributed by atoms with Crippen LogP contribution >= 0.6 is 0 Å². The van der Waals surface area contributed by atoms with Crippen molar-refractivity contribution in [3.63, 3.8) is 0 Å². The minimum Gasteiger partial charge on any atom is -0.335 e. The van der Waals surface area contributed by atoms with Crippen LogP contribution in [0.5, 0.6) is 0 Å². The third kappa shape index (κ3) is 4.36. The molecule has 0 unspecified atom stereocenters. The monoisotopic (exact) mass is 506 g/mol. The third-order valence-electron chi connectivity index (χ3n) is 6.27. The second kappa shape index (κ2) is 9.81. The number of hydrogen-bond donors (Lipinski definition) is 3. The Morgan fingerprint density at radius 3 is 2.68 bits per heavy atom. The molecule has 0 bridgehead atoms. The Hall–Kier alpha value is -4.99. The Balaban J connectivity index is 1.38. The van der Waals surface area contributed by atoms with Gasteiger partial charge in [0.05, 0.1) is 34.8 Å². The number of benzene rings is 1. The van der Waals surface area contributed by atoms with Crippen molar-refractivity contribution in [2.45, 2.75) is 26.2 Å². The Kier molecular flexibility index (Phi) is 6.04. The summed E-state index contributed by atoms with van der Waals surface area (Å²) < 4.78 is 14.5. The van der Waals surface area contributed by atoms with Crippen molar-refractivity contribution in [3.05, 3.63) is 73.1 Å². The number of fused-ring (bicyclic) bond motifs is 2. The maximum atomic E-state index is 14.5. The molecule has 6 rings (SSSR count). The summed E-state index contributed by atoms with van der Waals surface area (Å²) in [7, 11) is 0. The third-order valence-corrected chi connectivity index (χ3v) is 6.27. The van der Waals surface area contributed by atoms with E-state index in [2.05, 4.69) is 30.5 Å². The molecule has 9 nitrogen and oxygen atoms in total. The molecule has 5 aromatic heterocycles. The number of nitrogens with zero attached hydrogens (tertiary/aromatic N) is 5.